The predicted octanol–water partition coefficient (Wildman–Crippen LogP) is 3.00. The molecule has 27 heavy (non-hydrogen) atoms. The van der Waals surface area contributed by atoms with E-state index in [2.05, 4.69) is 5.43 Å². The molecule has 1 aliphatic rings. The number of nitrogens with one attached hydrogen (secondary N) is 1. The number of hydrazine groups is 1. The highest BCUT2D eigenvalue weighted by Crippen LogP contribution is 2.46. The maximum atomic E-state index is 12.4. The Kier molecular flexibility index (Phi) is 5.89. The van der Waals surface area contributed by atoms with Crippen molar-refractivity contribution >= 4 is 41.3 Å². The molecular formula is C19H19Cl2N3O3. The fraction of sp³-hybridized carbons (Fsp3) is 0.263. The Morgan fingerprint density at radius 3 is 2.81 bits per heavy atom. The van der Waals surface area contributed by atoms with E-state index in [-0.39, 0.29) is 5.92 Å². The van der Waals surface area contributed by atoms with Crippen LogP contribution in [0.4, 0.5) is 5.69 Å². The number of halogens is 2. The molecule has 0 saturated heterocycles. The number of fused-ring (bicyclic) bond motifs is 1. The maximum absolute atomic E-state index is 12.4. The number of carbonyl (C=O) groups excluding carboxylic acids is 2. The molecule has 0 radical (unpaired) electrons. The van der Waals surface area contributed by atoms with Crippen molar-refractivity contribution < 1.29 is 14.3 Å². The highest BCUT2D eigenvalue weighted by molar-refractivity contribution is 6.35. The van der Waals surface area contributed by atoms with Gasteiger partial charge in [-0.1, -0.05) is 47.5 Å². The fourth-order valence-electron chi connectivity index (χ4n) is 3.52. The maximum Gasteiger partial charge on any atom is 0.330 e. The van der Waals surface area contributed by atoms with Gasteiger partial charge in [0.2, 0.25) is 6.41 Å². The third-order valence-electron chi connectivity index (χ3n) is 4.71. The van der Waals surface area contributed by atoms with Gasteiger partial charge in [0.1, 0.15) is 6.04 Å². The molecule has 0 unspecified atom stereocenters. The lowest BCUT2D eigenvalue weighted by atomic mass is 9.81. The van der Waals surface area contributed by atoms with Gasteiger partial charge in [-0.2, -0.15) is 0 Å². The summed E-state index contributed by atoms with van der Waals surface area (Å²) in [5, 5.41) is 2.31. The third kappa shape index (κ3) is 3.74. The summed E-state index contributed by atoms with van der Waals surface area (Å²) in [7, 11) is 1.31. The minimum Gasteiger partial charge on any atom is -0.467 e. The zero-order chi connectivity index (χ0) is 19.6. The topological polar surface area (TPSA) is 84.7 Å². The summed E-state index contributed by atoms with van der Waals surface area (Å²) in [6, 6.07) is 10.4. The minimum absolute atomic E-state index is 0.190. The summed E-state index contributed by atoms with van der Waals surface area (Å²) >= 11 is 12.7. The van der Waals surface area contributed by atoms with Crippen molar-refractivity contribution in [1.29, 1.82) is 0 Å². The second kappa shape index (κ2) is 8.17. The van der Waals surface area contributed by atoms with Crippen LogP contribution in [-0.2, 0) is 20.9 Å². The summed E-state index contributed by atoms with van der Waals surface area (Å²) in [4.78, 5) is 23.6. The molecule has 142 valence electrons. The van der Waals surface area contributed by atoms with E-state index in [0.717, 1.165) is 16.7 Å². The number of rotatable bonds is 5. The molecule has 0 spiro atoms. The molecule has 0 aromatic heterocycles. The number of amides is 1. The molecule has 1 aliphatic heterocycles. The molecule has 1 amide bonds. The number of ether oxygens (including phenoxy) is 1. The molecule has 8 heteroatoms. The lowest BCUT2D eigenvalue weighted by molar-refractivity contribution is -0.142. The van der Waals surface area contributed by atoms with E-state index in [1.165, 1.54) is 12.1 Å². The highest BCUT2D eigenvalue weighted by Gasteiger charge is 2.39. The first-order valence-electron chi connectivity index (χ1n) is 8.34. The van der Waals surface area contributed by atoms with Crippen LogP contribution in [0.3, 0.4) is 0 Å². The SMILES string of the molecule is COC(=O)[C@@H]1C[C@@H](c2cccc(CN)c2)c2c(Cl)cc(Cl)cc2N1NC=O. The van der Waals surface area contributed by atoms with Crippen LogP contribution in [-0.4, -0.2) is 25.5 Å². The van der Waals surface area contributed by atoms with Gasteiger partial charge < -0.3 is 10.5 Å². The molecule has 0 fully saturated rings. The van der Waals surface area contributed by atoms with E-state index in [0.29, 0.717) is 35.1 Å². The van der Waals surface area contributed by atoms with E-state index >= 15 is 0 Å². The van der Waals surface area contributed by atoms with E-state index < -0.39 is 12.0 Å². The monoisotopic (exact) mass is 407 g/mol. The summed E-state index contributed by atoms with van der Waals surface area (Å²) in [6.45, 7) is 0.404. The van der Waals surface area contributed by atoms with Crippen LogP contribution in [0.2, 0.25) is 10.0 Å². The van der Waals surface area contributed by atoms with Crippen molar-refractivity contribution in [1.82, 2.24) is 5.43 Å². The fourth-order valence-corrected chi connectivity index (χ4v) is 4.14. The van der Waals surface area contributed by atoms with Gasteiger partial charge in [0.25, 0.3) is 0 Å². The average Bonchev–Trinajstić information content (AvgIpc) is 2.67. The van der Waals surface area contributed by atoms with E-state index in [4.69, 9.17) is 33.7 Å². The van der Waals surface area contributed by atoms with Crippen molar-refractivity contribution in [3.05, 3.63) is 63.1 Å². The van der Waals surface area contributed by atoms with E-state index in [1.54, 1.807) is 12.1 Å². The number of anilines is 1. The van der Waals surface area contributed by atoms with Crippen LogP contribution < -0.4 is 16.2 Å². The van der Waals surface area contributed by atoms with Gasteiger partial charge in [0.15, 0.2) is 0 Å². The number of hydrogen-bond donors (Lipinski definition) is 2. The summed E-state index contributed by atoms with van der Waals surface area (Å²) in [5.41, 5.74) is 11.6. The number of esters is 1. The van der Waals surface area contributed by atoms with Gasteiger partial charge in [-0.25, -0.2) is 4.79 Å². The molecule has 3 rings (SSSR count). The Hall–Kier alpha value is -2.28. The van der Waals surface area contributed by atoms with E-state index in [1.807, 2.05) is 24.3 Å². The van der Waals surface area contributed by atoms with Gasteiger partial charge in [-0.05, 0) is 29.7 Å². The van der Waals surface area contributed by atoms with Crippen LogP contribution >= 0.6 is 23.2 Å². The largest absolute Gasteiger partial charge is 0.467 e. The first-order valence-corrected chi connectivity index (χ1v) is 9.10. The Balaban J connectivity index is 2.21. The number of nitrogens with two attached hydrogens (primary N) is 1. The smallest absolute Gasteiger partial charge is 0.330 e. The van der Waals surface area contributed by atoms with Gasteiger partial charge in [0, 0.05) is 28.1 Å². The molecule has 3 N–H and O–H groups in total. The van der Waals surface area contributed by atoms with Crippen molar-refractivity contribution in [3.8, 4) is 0 Å². The first kappa shape index (κ1) is 19.5. The normalized spacial score (nSPS) is 18.6. The molecule has 1 heterocycles. The van der Waals surface area contributed by atoms with Crippen LogP contribution in [0.1, 0.15) is 29.0 Å². The Labute approximate surface area is 167 Å². The number of nitrogens with zero attached hydrogens (tertiary/aromatic N) is 1. The molecule has 0 aliphatic carbocycles. The summed E-state index contributed by atoms with van der Waals surface area (Å²) in [6.07, 6.45) is 0.875. The third-order valence-corrected chi connectivity index (χ3v) is 5.24. The van der Waals surface area contributed by atoms with Crippen LogP contribution in [0.15, 0.2) is 36.4 Å². The highest BCUT2D eigenvalue weighted by atomic mass is 35.5. The molecule has 2 atom stereocenters. The lowest BCUT2D eigenvalue weighted by Gasteiger charge is -2.40. The second-order valence-electron chi connectivity index (χ2n) is 6.21. The summed E-state index contributed by atoms with van der Waals surface area (Å²) in [5.74, 6) is -0.656. The Bertz CT molecular complexity index is 875. The van der Waals surface area contributed by atoms with Crippen molar-refractivity contribution in [3.63, 3.8) is 0 Å². The quantitative estimate of drug-likeness (QED) is 0.587. The lowest BCUT2D eigenvalue weighted by Crippen LogP contribution is -2.53. The Morgan fingerprint density at radius 1 is 1.37 bits per heavy atom. The van der Waals surface area contributed by atoms with Gasteiger partial charge in [0.05, 0.1) is 12.8 Å². The van der Waals surface area contributed by atoms with Gasteiger partial charge in [-0.15, -0.1) is 0 Å². The van der Waals surface area contributed by atoms with Crippen LogP contribution in [0.5, 0.6) is 0 Å². The van der Waals surface area contributed by atoms with E-state index in [9.17, 15) is 9.59 Å². The Morgan fingerprint density at radius 2 is 2.15 bits per heavy atom. The van der Waals surface area contributed by atoms with Crippen molar-refractivity contribution in [2.24, 2.45) is 5.73 Å². The van der Waals surface area contributed by atoms with Crippen LogP contribution in [0, 0.1) is 0 Å². The first-order chi connectivity index (χ1) is 13.0. The molecule has 6 nitrogen and oxygen atoms in total. The number of hydrogen-bond acceptors (Lipinski definition) is 5. The molecule has 0 saturated carbocycles. The van der Waals surface area contributed by atoms with Crippen molar-refractivity contribution in [2.75, 3.05) is 12.1 Å². The van der Waals surface area contributed by atoms with Crippen molar-refractivity contribution in [2.45, 2.75) is 24.9 Å². The van der Waals surface area contributed by atoms with Gasteiger partial charge in [-0.3, -0.25) is 15.2 Å². The average molecular weight is 408 g/mol. The number of carbonyl (C=O) groups is 2. The zero-order valence-electron chi connectivity index (χ0n) is 14.6. The second-order valence-corrected chi connectivity index (χ2v) is 7.06. The summed E-state index contributed by atoms with van der Waals surface area (Å²) < 4.78 is 4.95. The number of methoxy groups -OCH3 is 1. The molecular weight excluding hydrogens is 389 g/mol. The zero-order valence-corrected chi connectivity index (χ0v) is 16.1. The van der Waals surface area contributed by atoms with Crippen LogP contribution in [0.25, 0.3) is 0 Å². The standard InChI is InChI=1S/C19H19Cl2N3O3/c1-27-19(26)17-8-14(12-4-2-3-11(5-12)9-22)18-15(21)6-13(20)7-16(18)24(17)23-10-25/h2-7,10,14,17H,8-9,22H2,1H3,(H,23,25)/t14-,17-/m0/s1. The number of benzene rings is 2. The molecule has 2 aromatic carbocycles. The minimum atomic E-state index is -0.728. The molecule has 0 bridgehead atoms. The molecule has 2 aromatic rings. The van der Waals surface area contributed by atoms with Gasteiger partial charge >= 0.3 is 5.97 Å². The predicted molar refractivity (Wildman–Crippen MR) is 105 cm³/mol.